The van der Waals surface area contributed by atoms with E-state index in [4.69, 9.17) is 10.3 Å². The molecule has 0 aromatic carbocycles. The average Bonchev–Trinajstić information content (AvgIpc) is 0.701. The molecule has 9 saturated heterocycles. The van der Waals surface area contributed by atoms with E-state index in [1.165, 1.54) is 0 Å². The van der Waals surface area contributed by atoms with E-state index in [1.807, 2.05) is 0 Å². The Morgan fingerprint density at radius 1 is 0.186 bits per heavy atom. The van der Waals surface area contributed by atoms with Gasteiger partial charge in [0.25, 0.3) is 112 Å². The van der Waals surface area contributed by atoms with Crippen molar-refractivity contribution in [1.82, 2.24) is 114 Å². The SMILES string of the molecule is CCB1NB2N(CC)B(N1C)N1B(CC)N(C)B(CC)N(B3NB(N(CC)B(CC)N3CC)N3B(CC)N(B4N(CC)B(C)N(CC)B(CC)N4CC)B(CC)N(B4N(CC)B(N5B(CC)N(CC)B(C)N(CC)B5CC)NB(N4CC)N4B(CC)N(CC)B(CC)N2B4CC)B3CC)B1CC. The van der Waals surface area contributed by atoms with Crippen molar-refractivity contribution in [3.63, 3.8) is 0 Å². The zero-order valence-corrected chi connectivity index (χ0v) is 71.4. The van der Waals surface area contributed by atoms with Gasteiger partial charge in [0.05, 0.1) is 0 Å². The third kappa shape index (κ3) is 14.5. The van der Waals surface area contributed by atoms with Crippen LogP contribution in [-0.2, 0) is 0 Å². The second-order valence-electron chi connectivity index (χ2n) is 31.2. The van der Waals surface area contributed by atoms with Crippen LogP contribution in [0.3, 0.4) is 0 Å². The van der Waals surface area contributed by atoms with E-state index in [2.05, 4.69) is 304 Å². The minimum absolute atomic E-state index is 0.0114. The molecular weight excluding hydrogens is 1240 g/mol. The van der Waals surface area contributed by atoms with Crippen LogP contribution in [-0.4, -0.2) is 353 Å². The molecule has 102 heavy (non-hydrogen) atoms. The van der Waals surface area contributed by atoms with Crippen molar-refractivity contribution in [2.45, 2.75) is 275 Å². The molecule has 0 aliphatic carbocycles. The van der Waals surface area contributed by atoms with Crippen molar-refractivity contribution in [2.24, 2.45) is 0 Å². The van der Waals surface area contributed by atoms with Gasteiger partial charge in [-0.05, 0) is 175 Å². The normalized spacial score (nSPS) is 27.3. The van der Waals surface area contributed by atoms with Crippen molar-refractivity contribution in [2.75, 3.05) is 86.1 Å². The van der Waals surface area contributed by atoms with Crippen LogP contribution in [0.4, 0.5) is 0 Å². The van der Waals surface area contributed by atoms with Crippen molar-refractivity contribution in [3.8, 4) is 0 Å². The summed E-state index contributed by atoms with van der Waals surface area (Å²) in [6, 6.07) is 0. The van der Waals surface area contributed by atoms with Gasteiger partial charge in [-0.1, -0.05) is 187 Å². The summed E-state index contributed by atoms with van der Waals surface area (Å²) in [5.41, 5.74) is 0. The van der Waals surface area contributed by atoms with Crippen LogP contribution in [0.5, 0.6) is 0 Å². The minimum Gasteiger partial charge on any atom is -0.373 e. The first-order valence-electron chi connectivity index (χ1n) is 43.6. The summed E-state index contributed by atoms with van der Waals surface area (Å²) in [6.45, 7) is 80.8. The van der Waals surface area contributed by atoms with Gasteiger partial charge in [0, 0.05) is 0 Å². The fourth-order valence-electron chi connectivity index (χ4n) is 23.8. The molecule has 0 aromatic rings. The Morgan fingerprint density at radius 3 is 0.775 bits per heavy atom. The summed E-state index contributed by atoms with van der Waals surface area (Å²) in [5.74, 6) is 0. The van der Waals surface area contributed by atoms with Crippen LogP contribution < -0.4 is 15.4 Å². The van der Waals surface area contributed by atoms with E-state index >= 15 is 0 Å². The van der Waals surface area contributed by atoms with Crippen LogP contribution in [0.1, 0.15) is 173 Å². The molecule has 6 atom stereocenters. The van der Waals surface area contributed by atoms with Gasteiger partial charge >= 0.3 is 56.9 Å². The zero-order valence-electron chi connectivity index (χ0n) is 71.4. The molecule has 6 unspecified atom stereocenters. The Balaban J connectivity index is 1.50. The van der Waals surface area contributed by atoms with Gasteiger partial charge < -0.3 is 114 Å². The molecule has 9 rings (SSSR count). The molecule has 9 fully saturated rings. The standard InChI is InChI=1S/C54H140B24N24/c1-30-57-79-71-92(52-23)76(82(57)28)100-59(32-3)83(29)58(31-2)95(67(100)40-11)72-80-73(90(50-21)61(34-5)89(72)49-20)99-68(41-12)101(77-87(47-18)56(27)84(44-15)60(33-4)91(77)51-22)70(43-14)102(69(99)42-13)78-93(53-24)74(96-62(35-6)85(45-16)55(26)86(46-17)63(96)36-7)81-75(94(78)54-25)98-65(38-9)88(48-19)64(37-8)97(71)66(98)39-10/h79-81H,30-54H2,1-29H3. The van der Waals surface area contributed by atoms with Crippen molar-refractivity contribution >= 4 is 169 Å². The number of hydrogen-bond donors (Lipinski definition) is 3. The molecule has 0 radical (unpaired) electrons. The molecule has 3 N–H and O–H groups in total. The highest BCUT2D eigenvalue weighted by atomic mass is 15.5. The summed E-state index contributed by atoms with van der Waals surface area (Å²) in [5, 5.41) is 14.5. The summed E-state index contributed by atoms with van der Waals surface area (Å²) in [7, 11) is 4.32. The lowest BCUT2D eigenvalue weighted by Gasteiger charge is -2.69. The first kappa shape index (κ1) is 86.6. The number of rotatable bonds is 27. The molecule has 0 saturated carbocycles. The van der Waals surface area contributed by atoms with E-state index < -0.39 is 0 Å². The van der Waals surface area contributed by atoms with Crippen molar-refractivity contribution in [3.05, 3.63) is 0 Å². The maximum absolute atomic E-state index is 4.96. The molecule has 9 aliphatic heterocycles. The fourth-order valence-corrected chi connectivity index (χ4v) is 23.8. The van der Waals surface area contributed by atoms with Crippen LogP contribution >= 0.6 is 0 Å². The largest absolute Gasteiger partial charge is 0.373 e. The van der Waals surface area contributed by atoms with Crippen LogP contribution in [0.2, 0.25) is 102 Å². The smallest absolute Gasteiger partial charge is 0.364 e. The Labute approximate surface area is 640 Å². The highest BCUT2D eigenvalue weighted by Gasteiger charge is 2.72. The van der Waals surface area contributed by atoms with Gasteiger partial charge in [-0.15, -0.1) is 0 Å². The van der Waals surface area contributed by atoms with Crippen molar-refractivity contribution in [1.29, 1.82) is 0 Å². The summed E-state index contributed by atoms with van der Waals surface area (Å²) >= 11 is 0. The van der Waals surface area contributed by atoms with Gasteiger partial charge in [-0.25, -0.2) is 0 Å². The van der Waals surface area contributed by atoms with Gasteiger partial charge in [-0.3, -0.25) is 0 Å². The molecule has 0 amide bonds. The second kappa shape index (κ2) is 38.4. The molecular formula is C54H140B24N24. The van der Waals surface area contributed by atoms with Gasteiger partial charge in [0.2, 0.25) is 0 Å². The van der Waals surface area contributed by atoms with Gasteiger partial charge in [0.1, 0.15) is 0 Å². The molecule has 9 heterocycles. The third-order valence-electron chi connectivity index (χ3n) is 27.6. The maximum atomic E-state index is 4.96. The highest BCUT2D eigenvalue weighted by molar-refractivity contribution is 7.11. The fraction of sp³-hybridized carbons (Fsp3) is 1.00. The molecule has 48 heteroatoms. The minimum atomic E-state index is -0.164. The second-order valence-corrected chi connectivity index (χ2v) is 31.2. The Morgan fingerprint density at radius 2 is 0.422 bits per heavy atom. The Hall–Kier alpha value is 0.598. The van der Waals surface area contributed by atoms with E-state index in [1.54, 1.807) is 0 Å². The summed E-state index contributed by atoms with van der Waals surface area (Å²) < 4.78 is 63.2. The monoisotopic (exact) mass is 1390 g/mol. The highest BCUT2D eigenvalue weighted by Crippen LogP contribution is 2.41. The molecule has 0 spiro atoms. The van der Waals surface area contributed by atoms with Crippen LogP contribution in [0.25, 0.3) is 0 Å². The third-order valence-corrected chi connectivity index (χ3v) is 27.6. The number of nitrogens with zero attached hydrogens (tertiary/aromatic N) is 21. The van der Waals surface area contributed by atoms with Gasteiger partial charge in [0.15, 0.2) is 0 Å². The molecule has 0 aromatic heterocycles. The topological polar surface area (TPSA) is 104 Å². The lowest BCUT2D eigenvalue weighted by atomic mass is 9.26. The quantitative estimate of drug-likeness (QED) is 0.104. The first-order valence-corrected chi connectivity index (χ1v) is 43.6. The van der Waals surface area contributed by atoms with Crippen LogP contribution in [0.15, 0.2) is 0 Å². The van der Waals surface area contributed by atoms with E-state index in [0.29, 0.717) is 14.0 Å². The molecule has 9 aliphatic rings. The zero-order chi connectivity index (χ0) is 74.8. The number of hydrogen-bond acceptors (Lipinski definition) is 24. The predicted octanol–water partition coefficient (Wildman–Crippen LogP) is 3.93. The van der Waals surface area contributed by atoms with Gasteiger partial charge in [-0.2, -0.15) is 0 Å². The summed E-state index contributed by atoms with van der Waals surface area (Å²) in [6.07, 6.45) is 14.2. The maximum Gasteiger partial charge on any atom is 0.364 e. The Bertz CT molecular complexity index is 2530. The predicted molar refractivity (Wildman–Crippen MR) is 472 cm³/mol. The number of nitrogens with one attached hydrogen (secondary N) is 3. The Kier molecular flexibility index (Phi) is 32.6. The van der Waals surface area contributed by atoms with E-state index in [9.17, 15) is 0 Å². The molecule has 24 nitrogen and oxygen atoms in total. The van der Waals surface area contributed by atoms with Crippen LogP contribution in [0, 0.1) is 0 Å². The van der Waals surface area contributed by atoms with E-state index in [0.717, 1.165) is 160 Å². The lowest BCUT2D eigenvalue weighted by molar-refractivity contribution is 0.413. The average molecular weight is 1390 g/mol. The lowest BCUT2D eigenvalue weighted by Crippen LogP contribution is -2.99. The molecule has 12 bridgehead atoms. The van der Waals surface area contributed by atoms with Crippen molar-refractivity contribution < 1.29 is 0 Å². The molecule has 548 valence electrons. The first-order chi connectivity index (χ1) is 49.3. The summed E-state index contributed by atoms with van der Waals surface area (Å²) in [4.78, 5) is 0. The van der Waals surface area contributed by atoms with E-state index in [-0.39, 0.29) is 155 Å². The number of fused-ring (bicyclic) bond motifs is 18.